The summed E-state index contributed by atoms with van der Waals surface area (Å²) in [4.78, 5) is 11.8. The summed E-state index contributed by atoms with van der Waals surface area (Å²) in [6.45, 7) is 13.2. The lowest BCUT2D eigenvalue weighted by molar-refractivity contribution is -0.180. The van der Waals surface area contributed by atoms with Gasteiger partial charge < -0.3 is 9.47 Å². The summed E-state index contributed by atoms with van der Waals surface area (Å²) >= 11 is 0. The van der Waals surface area contributed by atoms with Crippen LogP contribution in [0.5, 0.6) is 0 Å². The molecule has 2 atom stereocenters. The first kappa shape index (κ1) is 17.4. The first-order chi connectivity index (χ1) is 8.28. The quantitative estimate of drug-likeness (QED) is 0.484. The third-order valence-electron chi connectivity index (χ3n) is 2.62. The topological polar surface area (TPSA) is 35.5 Å². The molecule has 0 radical (unpaired) electrons. The smallest absolute Gasteiger partial charge is 0.308 e. The molecule has 2 unspecified atom stereocenters. The van der Waals surface area contributed by atoms with Crippen molar-refractivity contribution in [2.24, 2.45) is 11.3 Å². The minimum atomic E-state index is -0.366. The van der Waals surface area contributed by atoms with E-state index in [4.69, 9.17) is 9.47 Å². The van der Waals surface area contributed by atoms with Crippen molar-refractivity contribution in [3.8, 4) is 0 Å². The molecule has 0 amide bonds. The Balaban J connectivity index is 4.07. The molecule has 0 aliphatic rings. The van der Waals surface area contributed by atoms with Gasteiger partial charge in [-0.25, -0.2) is 0 Å². The summed E-state index contributed by atoms with van der Waals surface area (Å²) in [5.74, 6) is 0.208. The van der Waals surface area contributed by atoms with Crippen molar-refractivity contribution in [3.63, 3.8) is 0 Å². The summed E-state index contributed by atoms with van der Waals surface area (Å²) < 4.78 is 10.7. The van der Waals surface area contributed by atoms with Crippen LogP contribution in [0.2, 0.25) is 0 Å². The van der Waals surface area contributed by atoms with Crippen LogP contribution < -0.4 is 0 Å². The van der Waals surface area contributed by atoms with Gasteiger partial charge in [0.15, 0.2) is 0 Å². The molecule has 3 heteroatoms. The van der Waals surface area contributed by atoms with E-state index in [9.17, 15) is 4.79 Å². The van der Waals surface area contributed by atoms with Crippen LogP contribution in [0.3, 0.4) is 0 Å². The van der Waals surface area contributed by atoms with Gasteiger partial charge in [-0.1, -0.05) is 41.0 Å². The Bertz CT molecular complexity index is 224. The molecule has 0 heterocycles. The van der Waals surface area contributed by atoms with Crippen LogP contribution in [0, 0.1) is 11.3 Å². The minimum Gasteiger partial charge on any atom is -0.436 e. The fourth-order valence-electron chi connectivity index (χ4n) is 2.19. The van der Waals surface area contributed by atoms with Crippen molar-refractivity contribution >= 4 is 5.97 Å². The Hall–Kier alpha value is -0.570. The minimum absolute atomic E-state index is 0.140. The summed E-state index contributed by atoms with van der Waals surface area (Å²) in [6, 6.07) is 0. The van der Waals surface area contributed by atoms with Crippen molar-refractivity contribution < 1.29 is 14.3 Å². The first-order valence-electron chi connectivity index (χ1n) is 7.09. The highest BCUT2D eigenvalue weighted by molar-refractivity contribution is 5.69. The third-order valence-corrected chi connectivity index (χ3v) is 2.62. The number of carbonyl (C=O) groups excluding carboxylic acids is 1. The summed E-state index contributed by atoms with van der Waals surface area (Å²) in [6.07, 6.45) is 2.86. The van der Waals surface area contributed by atoms with E-state index in [1.54, 1.807) is 0 Å². The second-order valence-electron chi connectivity index (χ2n) is 6.24. The van der Waals surface area contributed by atoms with Gasteiger partial charge in [0, 0.05) is 19.4 Å². The van der Waals surface area contributed by atoms with E-state index < -0.39 is 0 Å². The van der Waals surface area contributed by atoms with E-state index in [-0.39, 0.29) is 17.7 Å². The van der Waals surface area contributed by atoms with Crippen LogP contribution in [0.4, 0.5) is 0 Å². The van der Waals surface area contributed by atoms with Crippen LogP contribution >= 0.6 is 0 Å². The zero-order valence-corrected chi connectivity index (χ0v) is 12.9. The molecule has 0 saturated heterocycles. The molecule has 0 fully saturated rings. The van der Waals surface area contributed by atoms with Gasteiger partial charge in [-0.05, 0) is 24.7 Å². The van der Waals surface area contributed by atoms with E-state index in [2.05, 4.69) is 34.6 Å². The monoisotopic (exact) mass is 258 g/mol. The van der Waals surface area contributed by atoms with Gasteiger partial charge in [-0.2, -0.15) is 0 Å². The van der Waals surface area contributed by atoms with Crippen LogP contribution in [-0.2, 0) is 14.3 Å². The summed E-state index contributed by atoms with van der Waals surface area (Å²) in [7, 11) is 0. The lowest BCUT2D eigenvalue weighted by Crippen LogP contribution is -2.23. The highest BCUT2D eigenvalue weighted by atomic mass is 16.7. The van der Waals surface area contributed by atoms with Crippen LogP contribution in [-0.4, -0.2) is 18.9 Å². The average Bonchev–Trinajstić information content (AvgIpc) is 2.14. The maximum absolute atomic E-state index is 11.8. The molecule has 0 aliphatic carbocycles. The second-order valence-corrected chi connectivity index (χ2v) is 6.24. The SMILES string of the molecule is CCCC(OCC)OC(=O)CC(C)CC(C)(C)C. The number of rotatable bonds is 8. The zero-order chi connectivity index (χ0) is 14.2. The molecule has 3 nitrogen and oxygen atoms in total. The largest absolute Gasteiger partial charge is 0.436 e. The van der Waals surface area contributed by atoms with Crippen LogP contribution in [0.15, 0.2) is 0 Å². The van der Waals surface area contributed by atoms with Gasteiger partial charge in [-0.3, -0.25) is 4.79 Å². The van der Waals surface area contributed by atoms with E-state index in [0.717, 1.165) is 19.3 Å². The molecule has 0 rings (SSSR count). The van der Waals surface area contributed by atoms with E-state index >= 15 is 0 Å². The van der Waals surface area contributed by atoms with Gasteiger partial charge in [0.25, 0.3) is 0 Å². The molecular formula is C15H30O3. The predicted molar refractivity (Wildman–Crippen MR) is 74.3 cm³/mol. The fourth-order valence-corrected chi connectivity index (χ4v) is 2.19. The van der Waals surface area contributed by atoms with Crippen molar-refractivity contribution in [2.75, 3.05) is 6.61 Å². The molecular weight excluding hydrogens is 228 g/mol. The molecule has 0 aromatic heterocycles. The van der Waals surface area contributed by atoms with Crippen LogP contribution in [0.25, 0.3) is 0 Å². The Morgan fingerprint density at radius 3 is 2.28 bits per heavy atom. The van der Waals surface area contributed by atoms with Gasteiger partial charge in [0.05, 0.1) is 0 Å². The highest BCUT2D eigenvalue weighted by Crippen LogP contribution is 2.26. The molecule has 0 spiro atoms. The lowest BCUT2D eigenvalue weighted by Gasteiger charge is -2.23. The normalized spacial score (nSPS) is 15.2. The highest BCUT2D eigenvalue weighted by Gasteiger charge is 2.20. The maximum atomic E-state index is 11.8. The molecule has 18 heavy (non-hydrogen) atoms. The first-order valence-corrected chi connectivity index (χ1v) is 7.09. The number of hydrogen-bond donors (Lipinski definition) is 0. The van der Waals surface area contributed by atoms with Gasteiger partial charge in [0.2, 0.25) is 6.29 Å². The maximum Gasteiger partial charge on any atom is 0.308 e. The van der Waals surface area contributed by atoms with E-state index in [1.807, 2.05) is 6.92 Å². The Labute approximate surface area is 112 Å². The number of carbonyl (C=O) groups is 1. The van der Waals surface area contributed by atoms with Gasteiger partial charge in [-0.15, -0.1) is 0 Å². The van der Waals surface area contributed by atoms with E-state index in [0.29, 0.717) is 18.9 Å². The molecule has 0 bridgehead atoms. The molecule has 0 N–H and O–H groups in total. The Morgan fingerprint density at radius 2 is 1.83 bits per heavy atom. The predicted octanol–water partition coefficient (Wildman–Crippen LogP) is 4.15. The summed E-state index contributed by atoms with van der Waals surface area (Å²) in [5, 5.41) is 0. The molecule has 0 saturated carbocycles. The van der Waals surface area contributed by atoms with Crippen molar-refractivity contribution in [1.82, 2.24) is 0 Å². The molecule has 108 valence electrons. The second kappa shape index (κ2) is 8.52. The molecule has 0 aliphatic heterocycles. The van der Waals surface area contributed by atoms with E-state index in [1.165, 1.54) is 0 Å². The van der Waals surface area contributed by atoms with Crippen molar-refractivity contribution in [2.45, 2.75) is 73.5 Å². The fraction of sp³-hybridized carbons (Fsp3) is 0.933. The van der Waals surface area contributed by atoms with Crippen molar-refractivity contribution in [1.29, 1.82) is 0 Å². The van der Waals surface area contributed by atoms with Crippen LogP contribution in [0.1, 0.15) is 67.2 Å². The number of esters is 1. The summed E-state index contributed by atoms with van der Waals surface area (Å²) in [5.41, 5.74) is 0.252. The van der Waals surface area contributed by atoms with Crippen molar-refractivity contribution in [3.05, 3.63) is 0 Å². The molecule has 0 aromatic carbocycles. The average molecular weight is 258 g/mol. The third kappa shape index (κ3) is 9.46. The molecule has 0 aromatic rings. The Morgan fingerprint density at radius 1 is 1.22 bits per heavy atom. The van der Waals surface area contributed by atoms with Gasteiger partial charge in [0.1, 0.15) is 0 Å². The lowest BCUT2D eigenvalue weighted by atomic mass is 9.84. The Kier molecular flexibility index (Phi) is 8.25. The van der Waals surface area contributed by atoms with Gasteiger partial charge >= 0.3 is 5.97 Å². The standard InChI is InChI=1S/C15H30O3/c1-7-9-14(17-8-2)18-13(16)10-12(3)11-15(4,5)6/h12,14H,7-11H2,1-6H3. The zero-order valence-electron chi connectivity index (χ0n) is 12.9. The number of hydrogen-bond acceptors (Lipinski definition) is 3. The number of ether oxygens (including phenoxy) is 2.